The molecular formula is C15H26N2O. The zero-order valence-electron chi connectivity index (χ0n) is 11.4. The molecule has 0 bridgehead atoms. The second-order valence-electron chi connectivity index (χ2n) is 6.17. The van der Waals surface area contributed by atoms with E-state index in [4.69, 9.17) is 10.1 Å². The first-order chi connectivity index (χ1) is 8.86. The van der Waals surface area contributed by atoms with Crippen LogP contribution in [-0.4, -0.2) is 36.0 Å². The van der Waals surface area contributed by atoms with Gasteiger partial charge in [-0.2, -0.15) is 0 Å². The van der Waals surface area contributed by atoms with Crippen LogP contribution in [0.2, 0.25) is 0 Å². The normalized spacial score (nSPS) is 34.1. The lowest BCUT2D eigenvalue weighted by Gasteiger charge is -2.46. The van der Waals surface area contributed by atoms with Crippen LogP contribution in [-0.2, 0) is 4.74 Å². The van der Waals surface area contributed by atoms with Gasteiger partial charge in [-0.3, -0.25) is 5.41 Å². The highest BCUT2D eigenvalue weighted by atomic mass is 16.5. The Morgan fingerprint density at radius 3 is 2.50 bits per heavy atom. The third-order valence-electron chi connectivity index (χ3n) is 5.03. The summed E-state index contributed by atoms with van der Waals surface area (Å²) < 4.78 is 5.91. The Kier molecular flexibility index (Phi) is 3.88. The van der Waals surface area contributed by atoms with E-state index in [1.807, 2.05) is 0 Å². The Balaban J connectivity index is 1.67. The minimum absolute atomic E-state index is 0.413. The number of ether oxygens (including phenoxy) is 1. The maximum Gasteiger partial charge on any atom is 0.0993 e. The molecule has 3 aliphatic rings. The van der Waals surface area contributed by atoms with Gasteiger partial charge in [0.2, 0.25) is 0 Å². The third kappa shape index (κ3) is 2.42. The summed E-state index contributed by atoms with van der Waals surface area (Å²) in [6.45, 7) is 1.78. The van der Waals surface area contributed by atoms with Gasteiger partial charge in [0.1, 0.15) is 0 Å². The van der Waals surface area contributed by atoms with Crippen LogP contribution in [0.4, 0.5) is 0 Å². The Morgan fingerprint density at radius 2 is 1.67 bits per heavy atom. The fraction of sp³-hybridized carbons (Fsp3) is 0.933. The molecule has 0 radical (unpaired) electrons. The number of rotatable bonds is 1. The number of morpholine rings is 1. The van der Waals surface area contributed by atoms with E-state index in [9.17, 15) is 0 Å². The van der Waals surface area contributed by atoms with E-state index in [1.165, 1.54) is 57.8 Å². The van der Waals surface area contributed by atoms with Crippen LogP contribution in [0.15, 0.2) is 0 Å². The fourth-order valence-electron chi connectivity index (χ4n) is 4.01. The predicted octanol–water partition coefficient (Wildman–Crippen LogP) is 3.19. The first kappa shape index (κ1) is 12.5. The van der Waals surface area contributed by atoms with Gasteiger partial charge in [-0.05, 0) is 25.7 Å². The smallest absolute Gasteiger partial charge is 0.0993 e. The largest absolute Gasteiger partial charge is 0.374 e. The number of amidine groups is 1. The van der Waals surface area contributed by atoms with Crippen LogP contribution in [0.3, 0.4) is 0 Å². The van der Waals surface area contributed by atoms with Crippen molar-refractivity contribution in [3.63, 3.8) is 0 Å². The molecule has 3 rings (SSSR count). The van der Waals surface area contributed by atoms with Gasteiger partial charge in [0.15, 0.2) is 0 Å². The monoisotopic (exact) mass is 250 g/mol. The highest BCUT2D eigenvalue weighted by Gasteiger charge is 2.37. The molecule has 1 aliphatic heterocycles. The lowest BCUT2D eigenvalue weighted by molar-refractivity contribution is -0.0656. The third-order valence-corrected chi connectivity index (χ3v) is 5.03. The topological polar surface area (TPSA) is 36.3 Å². The minimum atomic E-state index is 0.413. The second kappa shape index (κ2) is 5.60. The average Bonchev–Trinajstić information content (AvgIpc) is 2.47. The zero-order chi connectivity index (χ0) is 12.4. The van der Waals surface area contributed by atoms with Crippen LogP contribution in [0.5, 0.6) is 0 Å². The molecule has 1 heterocycles. The number of nitrogens with zero attached hydrogens (tertiary/aromatic N) is 1. The van der Waals surface area contributed by atoms with Crippen molar-refractivity contribution < 1.29 is 4.74 Å². The Bertz CT molecular complexity index is 297. The maximum atomic E-state index is 8.57. The molecule has 3 heteroatoms. The van der Waals surface area contributed by atoms with Crippen LogP contribution in [0.25, 0.3) is 0 Å². The van der Waals surface area contributed by atoms with Gasteiger partial charge in [-0.25, -0.2) is 0 Å². The van der Waals surface area contributed by atoms with Crippen molar-refractivity contribution in [3.05, 3.63) is 0 Å². The molecule has 0 aromatic carbocycles. The lowest BCUT2D eigenvalue weighted by Crippen LogP contribution is -2.56. The van der Waals surface area contributed by atoms with Crippen molar-refractivity contribution in [1.82, 2.24) is 4.90 Å². The summed E-state index contributed by atoms with van der Waals surface area (Å²) in [6, 6.07) is 0.516. The summed E-state index contributed by atoms with van der Waals surface area (Å²) in [6.07, 6.45) is 12.0. The van der Waals surface area contributed by atoms with Gasteiger partial charge in [0, 0.05) is 12.5 Å². The molecule has 3 fully saturated rings. The molecule has 3 nitrogen and oxygen atoms in total. The number of fused-ring (bicyclic) bond motifs is 1. The standard InChI is InChI=1S/C15H26N2O/c16-15(12-6-2-1-3-7-12)17-10-11-18-14-9-5-4-8-13(14)17/h12-14,16H,1-11H2. The first-order valence-electron chi connectivity index (χ1n) is 7.83. The molecule has 0 aromatic rings. The van der Waals surface area contributed by atoms with Gasteiger partial charge in [-0.15, -0.1) is 0 Å². The summed E-state index contributed by atoms with van der Waals surface area (Å²) in [5.41, 5.74) is 0. The molecule has 2 saturated carbocycles. The van der Waals surface area contributed by atoms with E-state index in [1.54, 1.807) is 0 Å². The van der Waals surface area contributed by atoms with Gasteiger partial charge in [0.05, 0.1) is 24.6 Å². The van der Waals surface area contributed by atoms with Crippen molar-refractivity contribution in [2.75, 3.05) is 13.2 Å². The molecular weight excluding hydrogens is 224 g/mol. The zero-order valence-corrected chi connectivity index (χ0v) is 11.4. The van der Waals surface area contributed by atoms with E-state index in [-0.39, 0.29) is 0 Å². The SMILES string of the molecule is N=C(C1CCCCC1)N1CCOC2CCCCC21. The van der Waals surface area contributed by atoms with E-state index < -0.39 is 0 Å². The molecule has 1 saturated heterocycles. The van der Waals surface area contributed by atoms with Crippen LogP contribution in [0, 0.1) is 11.3 Å². The number of hydrogen-bond donors (Lipinski definition) is 1. The number of nitrogens with one attached hydrogen (secondary N) is 1. The fourth-order valence-corrected chi connectivity index (χ4v) is 4.01. The van der Waals surface area contributed by atoms with E-state index >= 15 is 0 Å². The van der Waals surface area contributed by atoms with Crippen molar-refractivity contribution in [3.8, 4) is 0 Å². The van der Waals surface area contributed by atoms with Crippen molar-refractivity contribution in [2.45, 2.75) is 69.9 Å². The second-order valence-corrected chi connectivity index (χ2v) is 6.17. The Hall–Kier alpha value is -0.570. The molecule has 0 aromatic heterocycles. The minimum Gasteiger partial charge on any atom is -0.374 e. The van der Waals surface area contributed by atoms with Crippen LogP contribution >= 0.6 is 0 Å². The summed E-state index contributed by atoms with van der Waals surface area (Å²) in [4.78, 5) is 2.41. The average molecular weight is 250 g/mol. The first-order valence-corrected chi connectivity index (χ1v) is 7.83. The summed E-state index contributed by atoms with van der Waals surface area (Å²) in [5, 5.41) is 8.57. The highest BCUT2D eigenvalue weighted by Crippen LogP contribution is 2.32. The van der Waals surface area contributed by atoms with Crippen molar-refractivity contribution >= 4 is 5.84 Å². The highest BCUT2D eigenvalue weighted by molar-refractivity contribution is 5.82. The maximum absolute atomic E-state index is 8.57. The summed E-state index contributed by atoms with van der Waals surface area (Å²) >= 11 is 0. The number of hydrogen-bond acceptors (Lipinski definition) is 2. The van der Waals surface area contributed by atoms with Crippen LogP contribution in [0.1, 0.15) is 57.8 Å². The molecule has 2 aliphatic carbocycles. The molecule has 0 amide bonds. The molecule has 2 unspecified atom stereocenters. The summed E-state index contributed by atoms with van der Waals surface area (Å²) in [5.74, 6) is 1.48. The van der Waals surface area contributed by atoms with E-state index in [2.05, 4.69) is 4.90 Å². The summed E-state index contributed by atoms with van der Waals surface area (Å²) in [7, 11) is 0. The molecule has 102 valence electrons. The Morgan fingerprint density at radius 1 is 0.944 bits per heavy atom. The molecule has 2 atom stereocenters. The van der Waals surface area contributed by atoms with Gasteiger partial charge in [-0.1, -0.05) is 32.1 Å². The van der Waals surface area contributed by atoms with Gasteiger partial charge < -0.3 is 9.64 Å². The quantitative estimate of drug-likeness (QED) is 0.573. The Labute approximate surface area is 110 Å². The van der Waals surface area contributed by atoms with Gasteiger partial charge in [0.25, 0.3) is 0 Å². The molecule has 1 N–H and O–H groups in total. The lowest BCUT2D eigenvalue weighted by atomic mass is 9.85. The van der Waals surface area contributed by atoms with Crippen molar-refractivity contribution in [2.24, 2.45) is 5.92 Å². The van der Waals surface area contributed by atoms with E-state index in [0.29, 0.717) is 18.1 Å². The van der Waals surface area contributed by atoms with Crippen molar-refractivity contribution in [1.29, 1.82) is 5.41 Å². The van der Waals surface area contributed by atoms with Gasteiger partial charge >= 0.3 is 0 Å². The molecule has 0 spiro atoms. The molecule has 18 heavy (non-hydrogen) atoms. The van der Waals surface area contributed by atoms with Crippen LogP contribution < -0.4 is 0 Å². The predicted molar refractivity (Wildman–Crippen MR) is 73.0 cm³/mol. The van der Waals surface area contributed by atoms with E-state index in [0.717, 1.165) is 19.0 Å².